The Morgan fingerprint density at radius 3 is 2.45 bits per heavy atom. The Bertz CT molecular complexity index is 1020. The summed E-state index contributed by atoms with van der Waals surface area (Å²) in [5, 5.41) is 2.63. The van der Waals surface area contributed by atoms with E-state index in [2.05, 4.69) is 15.3 Å². The summed E-state index contributed by atoms with van der Waals surface area (Å²) in [6, 6.07) is 13.9. The molecular weight excluding hydrogens is 376 g/mol. The molecule has 0 bridgehead atoms. The van der Waals surface area contributed by atoms with Crippen LogP contribution in [0.5, 0.6) is 0 Å². The molecule has 0 unspecified atom stereocenters. The van der Waals surface area contributed by atoms with Crippen LogP contribution in [0.2, 0.25) is 0 Å². The minimum atomic E-state index is -0.441. The Morgan fingerprint density at radius 2 is 1.69 bits per heavy atom. The third kappa shape index (κ3) is 4.31. The number of anilines is 3. The number of hydrogen-bond acceptors (Lipinski definition) is 5. The summed E-state index contributed by atoms with van der Waals surface area (Å²) in [6.45, 7) is 2.43. The lowest BCUT2D eigenvalue weighted by Gasteiger charge is -2.36. The van der Waals surface area contributed by atoms with Gasteiger partial charge in [-0.05, 0) is 36.4 Å². The highest BCUT2D eigenvalue weighted by Crippen LogP contribution is 2.21. The van der Waals surface area contributed by atoms with Crippen LogP contribution in [0.25, 0.3) is 0 Å². The van der Waals surface area contributed by atoms with Crippen LogP contribution in [-0.4, -0.2) is 42.1 Å². The molecule has 1 aliphatic rings. The Morgan fingerprint density at radius 1 is 0.931 bits per heavy atom. The van der Waals surface area contributed by atoms with Crippen LogP contribution in [0.1, 0.15) is 10.5 Å². The van der Waals surface area contributed by atoms with Crippen molar-refractivity contribution in [2.45, 2.75) is 0 Å². The van der Waals surface area contributed by atoms with Gasteiger partial charge in [-0.2, -0.15) is 0 Å². The third-order valence-electron chi connectivity index (χ3n) is 4.71. The van der Waals surface area contributed by atoms with Crippen LogP contribution in [0.15, 0.2) is 60.8 Å². The number of rotatable bonds is 4. The van der Waals surface area contributed by atoms with Crippen molar-refractivity contribution in [2.24, 2.45) is 0 Å². The smallest absolute Gasteiger partial charge is 0.274 e. The maximum absolute atomic E-state index is 14.0. The molecule has 1 N–H and O–H groups in total. The van der Waals surface area contributed by atoms with E-state index in [1.54, 1.807) is 18.2 Å². The molecule has 0 radical (unpaired) electrons. The molecule has 1 saturated heterocycles. The zero-order valence-electron chi connectivity index (χ0n) is 15.6. The Hall–Kier alpha value is -3.55. The topological polar surface area (TPSA) is 61.4 Å². The molecule has 6 nitrogen and oxygen atoms in total. The van der Waals surface area contributed by atoms with Crippen molar-refractivity contribution >= 4 is 23.2 Å². The second kappa shape index (κ2) is 8.22. The van der Waals surface area contributed by atoms with E-state index in [0.717, 1.165) is 0 Å². The number of piperazine rings is 1. The monoisotopic (exact) mass is 395 g/mol. The van der Waals surface area contributed by atoms with Crippen molar-refractivity contribution < 1.29 is 13.6 Å². The third-order valence-corrected chi connectivity index (χ3v) is 4.71. The molecule has 2 aromatic carbocycles. The van der Waals surface area contributed by atoms with Crippen LogP contribution in [0.3, 0.4) is 0 Å². The van der Waals surface area contributed by atoms with Crippen molar-refractivity contribution in [3.8, 4) is 0 Å². The van der Waals surface area contributed by atoms with E-state index in [1.807, 2.05) is 15.9 Å². The van der Waals surface area contributed by atoms with E-state index >= 15 is 0 Å². The van der Waals surface area contributed by atoms with Gasteiger partial charge in [0.25, 0.3) is 5.91 Å². The highest BCUT2D eigenvalue weighted by atomic mass is 19.1. The fourth-order valence-corrected chi connectivity index (χ4v) is 3.24. The standard InChI is InChI=1S/C21H19F2N5O/c22-15-4-3-5-16(14-15)25-20(29)18-8-9-24-21(26-18)28-12-10-27(11-13-28)19-7-2-1-6-17(19)23/h1-9,14H,10-13H2,(H,25,29). The van der Waals surface area contributed by atoms with Crippen molar-refractivity contribution in [3.63, 3.8) is 0 Å². The van der Waals surface area contributed by atoms with Gasteiger partial charge >= 0.3 is 0 Å². The summed E-state index contributed by atoms with van der Waals surface area (Å²) < 4.78 is 27.3. The normalized spacial score (nSPS) is 14.0. The molecular formula is C21H19F2N5O. The van der Waals surface area contributed by atoms with Crippen molar-refractivity contribution in [2.75, 3.05) is 41.3 Å². The Kier molecular flexibility index (Phi) is 5.33. The number of carbonyl (C=O) groups is 1. The highest BCUT2D eigenvalue weighted by Gasteiger charge is 2.21. The molecule has 0 atom stereocenters. The minimum Gasteiger partial charge on any atom is -0.366 e. The first-order chi connectivity index (χ1) is 14.1. The number of para-hydroxylation sites is 1. The molecule has 1 aliphatic heterocycles. The van der Waals surface area contributed by atoms with Crippen LogP contribution < -0.4 is 15.1 Å². The highest BCUT2D eigenvalue weighted by molar-refractivity contribution is 6.02. The second-order valence-electron chi connectivity index (χ2n) is 6.63. The van der Waals surface area contributed by atoms with E-state index in [0.29, 0.717) is 43.5 Å². The van der Waals surface area contributed by atoms with Gasteiger partial charge in [0.05, 0.1) is 5.69 Å². The van der Waals surface area contributed by atoms with Crippen LogP contribution in [0, 0.1) is 11.6 Å². The fourth-order valence-electron chi connectivity index (χ4n) is 3.24. The molecule has 0 spiro atoms. The predicted molar refractivity (Wildman–Crippen MR) is 107 cm³/mol. The Balaban J connectivity index is 1.43. The van der Waals surface area contributed by atoms with Gasteiger partial charge in [-0.15, -0.1) is 0 Å². The molecule has 4 rings (SSSR count). The van der Waals surface area contributed by atoms with Crippen molar-refractivity contribution in [3.05, 3.63) is 78.1 Å². The molecule has 8 heteroatoms. The van der Waals surface area contributed by atoms with Gasteiger partial charge in [0, 0.05) is 38.1 Å². The lowest BCUT2D eigenvalue weighted by molar-refractivity contribution is 0.102. The second-order valence-corrected chi connectivity index (χ2v) is 6.63. The summed E-state index contributed by atoms with van der Waals surface area (Å²) in [5.74, 6) is -0.679. The lowest BCUT2D eigenvalue weighted by atomic mass is 10.2. The number of nitrogens with zero attached hydrogens (tertiary/aromatic N) is 4. The van der Waals surface area contributed by atoms with E-state index < -0.39 is 11.7 Å². The number of hydrogen-bond donors (Lipinski definition) is 1. The predicted octanol–water partition coefficient (Wildman–Crippen LogP) is 3.33. The van der Waals surface area contributed by atoms with Crippen LogP contribution in [0.4, 0.5) is 26.1 Å². The molecule has 1 fully saturated rings. The molecule has 0 saturated carbocycles. The maximum Gasteiger partial charge on any atom is 0.274 e. The molecule has 29 heavy (non-hydrogen) atoms. The summed E-state index contributed by atoms with van der Waals surface area (Å²) in [7, 11) is 0. The van der Waals surface area contributed by atoms with Crippen LogP contribution in [-0.2, 0) is 0 Å². The van der Waals surface area contributed by atoms with E-state index in [1.165, 1.54) is 36.5 Å². The SMILES string of the molecule is O=C(Nc1cccc(F)c1)c1ccnc(N2CCN(c3ccccc3F)CC2)n1. The van der Waals surface area contributed by atoms with E-state index in [9.17, 15) is 13.6 Å². The molecule has 0 aliphatic carbocycles. The largest absolute Gasteiger partial charge is 0.366 e. The first-order valence-corrected chi connectivity index (χ1v) is 9.24. The zero-order chi connectivity index (χ0) is 20.2. The number of amides is 1. The van der Waals surface area contributed by atoms with Gasteiger partial charge in [0.1, 0.15) is 17.3 Å². The van der Waals surface area contributed by atoms with Gasteiger partial charge in [-0.1, -0.05) is 18.2 Å². The number of halogens is 2. The zero-order valence-corrected chi connectivity index (χ0v) is 15.6. The van der Waals surface area contributed by atoms with E-state index in [4.69, 9.17) is 0 Å². The van der Waals surface area contributed by atoms with Gasteiger partial charge in [0.2, 0.25) is 5.95 Å². The summed E-state index contributed by atoms with van der Waals surface area (Å²) in [5.41, 5.74) is 1.13. The molecule has 3 aromatic rings. The molecule has 2 heterocycles. The fraction of sp³-hybridized carbons (Fsp3) is 0.190. The van der Waals surface area contributed by atoms with Crippen molar-refractivity contribution in [1.29, 1.82) is 0 Å². The van der Waals surface area contributed by atoms with Gasteiger partial charge < -0.3 is 15.1 Å². The number of carbonyl (C=O) groups excluding carboxylic acids is 1. The van der Waals surface area contributed by atoms with Gasteiger partial charge in [-0.25, -0.2) is 18.7 Å². The van der Waals surface area contributed by atoms with Crippen LogP contribution >= 0.6 is 0 Å². The average molecular weight is 395 g/mol. The maximum atomic E-state index is 14.0. The average Bonchev–Trinajstić information content (AvgIpc) is 2.74. The van der Waals surface area contributed by atoms with Crippen molar-refractivity contribution in [1.82, 2.24) is 9.97 Å². The quantitative estimate of drug-likeness (QED) is 0.734. The van der Waals surface area contributed by atoms with E-state index in [-0.39, 0.29) is 11.5 Å². The summed E-state index contributed by atoms with van der Waals surface area (Å²) in [4.78, 5) is 25.0. The first-order valence-electron chi connectivity index (χ1n) is 9.24. The Labute approximate surface area is 166 Å². The lowest BCUT2D eigenvalue weighted by Crippen LogP contribution is -2.47. The van der Waals surface area contributed by atoms with Gasteiger partial charge in [-0.3, -0.25) is 4.79 Å². The summed E-state index contributed by atoms with van der Waals surface area (Å²) >= 11 is 0. The van der Waals surface area contributed by atoms with Gasteiger partial charge in [0.15, 0.2) is 0 Å². The number of nitrogens with one attached hydrogen (secondary N) is 1. The molecule has 148 valence electrons. The minimum absolute atomic E-state index is 0.191. The molecule has 1 amide bonds. The number of aromatic nitrogens is 2. The number of benzene rings is 2. The summed E-state index contributed by atoms with van der Waals surface area (Å²) in [6.07, 6.45) is 1.52. The molecule has 1 aromatic heterocycles. The first kappa shape index (κ1) is 18.8.